The third-order valence-electron chi connectivity index (χ3n) is 5.03. The van der Waals surface area contributed by atoms with Crippen molar-refractivity contribution in [1.29, 1.82) is 0 Å². The molecular formula is C16H19N5O2. The predicted molar refractivity (Wildman–Crippen MR) is 79.8 cm³/mol. The molecule has 0 bridgehead atoms. The maximum atomic E-state index is 12.8. The minimum absolute atomic E-state index is 0.0339. The fraction of sp³-hybridized carbons (Fsp3) is 0.625. The Labute approximate surface area is 133 Å². The summed E-state index contributed by atoms with van der Waals surface area (Å²) in [6.45, 7) is 0.725. The van der Waals surface area contributed by atoms with Gasteiger partial charge in [0.15, 0.2) is 5.82 Å². The first-order chi connectivity index (χ1) is 11.3. The molecule has 2 aromatic rings. The first-order valence-electron chi connectivity index (χ1n) is 8.49. The van der Waals surface area contributed by atoms with Gasteiger partial charge in [-0.1, -0.05) is 5.16 Å². The van der Waals surface area contributed by atoms with Crippen molar-refractivity contribution in [3.8, 4) is 0 Å². The summed E-state index contributed by atoms with van der Waals surface area (Å²) < 4.78 is 5.36. The Hall–Kier alpha value is -2.18. The zero-order chi connectivity index (χ0) is 15.4. The van der Waals surface area contributed by atoms with Crippen molar-refractivity contribution in [3.63, 3.8) is 0 Å². The van der Waals surface area contributed by atoms with E-state index < -0.39 is 0 Å². The molecule has 0 spiro atoms. The van der Waals surface area contributed by atoms with Crippen LogP contribution in [-0.4, -0.2) is 37.7 Å². The smallest absolute Gasteiger partial charge is 0.274 e. The number of nitrogens with one attached hydrogen (secondary N) is 1. The van der Waals surface area contributed by atoms with E-state index in [0.717, 1.165) is 43.8 Å². The fourth-order valence-electron chi connectivity index (χ4n) is 3.35. The standard InChI is InChI=1S/C16H19N5O2/c22-16(12-8-11(18-19-12)9-3-4-9)21-7-1-2-13(21)14-17-15(23-20-14)10-5-6-10/h8-10,13H,1-7H2,(H,18,19)/t13-/m0/s1. The molecule has 1 amide bonds. The second-order valence-corrected chi connectivity index (χ2v) is 6.90. The summed E-state index contributed by atoms with van der Waals surface area (Å²) in [6.07, 6.45) is 6.49. The largest absolute Gasteiger partial charge is 0.339 e. The number of aromatic amines is 1. The highest BCUT2D eigenvalue weighted by Crippen LogP contribution is 2.41. The molecule has 23 heavy (non-hydrogen) atoms. The molecular weight excluding hydrogens is 294 g/mol. The van der Waals surface area contributed by atoms with Crippen LogP contribution in [0.2, 0.25) is 0 Å². The van der Waals surface area contributed by atoms with Crippen molar-refractivity contribution in [1.82, 2.24) is 25.2 Å². The van der Waals surface area contributed by atoms with Crippen LogP contribution in [0.1, 0.15) is 84.3 Å². The van der Waals surface area contributed by atoms with Gasteiger partial charge in [-0.3, -0.25) is 9.89 Å². The third kappa shape index (κ3) is 2.34. The fourth-order valence-corrected chi connectivity index (χ4v) is 3.35. The predicted octanol–water partition coefficient (Wildman–Crippen LogP) is 2.52. The molecule has 3 fully saturated rings. The maximum Gasteiger partial charge on any atom is 0.274 e. The monoisotopic (exact) mass is 313 g/mol. The van der Waals surface area contributed by atoms with E-state index >= 15 is 0 Å². The molecule has 1 aliphatic heterocycles. The summed E-state index contributed by atoms with van der Waals surface area (Å²) in [6, 6.07) is 1.82. The first-order valence-corrected chi connectivity index (χ1v) is 8.49. The lowest BCUT2D eigenvalue weighted by atomic mass is 10.2. The van der Waals surface area contributed by atoms with Crippen LogP contribution >= 0.6 is 0 Å². The number of hydrogen-bond donors (Lipinski definition) is 1. The summed E-state index contributed by atoms with van der Waals surface area (Å²) in [5.74, 6) is 2.35. The molecule has 3 aliphatic rings. The van der Waals surface area contributed by atoms with E-state index in [-0.39, 0.29) is 11.9 Å². The summed E-state index contributed by atoms with van der Waals surface area (Å²) in [5.41, 5.74) is 1.59. The highest BCUT2D eigenvalue weighted by Gasteiger charge is 2.37. The van der Waals surface area contributed by atoms with E-state index in [0.29, 0.717) is 23.4 Å². The van der Waals surface area contributed by atoms with Crippen molar-refractivity contribution < 1.29 is 9.32 Å². The van der Waals surface area contributed by atoms with Crippen LogP contribution in [0.3, 0.4) is 0 Å². The second kappa shape index (κ2) is 4.91. The topological polar surface area (TPSA) is 87.9 Å². The Morgan fingerprint density at radius 1 is 1.22 bits per heavy atom. The number of carbonyl (C=O) groups excluding carboxylic acids is 1. The van der Waals surface area contributed by atoms with E-state index in [4.69, 9.17) is 4.52 Å². The maximum absolute atomic E-state index is 12.8. The van der Waals surface area contributed by atoms with E-state index in [9.17, 15) is 4.79 Å². The molecule has 2 saturated carbocycles. The molecule has 120 valence electrons. The third-order valence-corrected chi connectivity index (χ3v) is 5.03. The molecule has 2 aromatic heterocycles. The quantitative estimate of drug-likeness (QED) is 0.937. The van der Waals surface area contributed by atoms with Crippen LogP contribution in [0.15, 0.2) is 10.6 Å². The minimum Gasteiger partial charge on any atom is -0.339 e. The summed E-state index contributed by atoms with van der Waals surface area (Å²) in [5, 5.41) is 11.3. The van der Waals surface area contributed by atoms with Gasteiger partial charge in [0.25, 0.3) is 5.91 Å². The zero-order valence-electron chi connectivity index (χ0n) is 12.9. The van der Waals surface area contributed by atoms with Gasteiger partial charge < -0.3 is 9.42 Å². The highest BCUT2D eigenvalue weighted by molar-refractivity contribution is 5.92. The van der Waals surface area contributed by atoms with Crippen molar-refractivity contribution in [2.45, 2.75) is 56.4 Å². The first kappa shape index (κ1) is 13.3. The van der Waals surface area contributed by atoms with Crippen LogP contribution < -0.4 is 0 Å². The molecule has 5 rings (SSSR count). The van der Waals surface area contributed by atoms with E-state index in [1.165, 1.54) is 12.8 Å². The van der Waals surface area contributed by atoms with Gasteiger partial charge in [0, 0.05) is 24.1 Å². The Bertz CT molecular complexity index is 743. The highest BCUT2D eigenvalue weighted by atomic mass is 16.5. The van der Waals surface area contributed by atoms with Crippen LogP contribution in [0.25, 0.3) is 0 Å². The Morgan fingerprint density at radius 3 is 2.83 bits per heavy atom. The van der Waals surface area contributed by atoms with Crippen LogP contribution in [0.5, 0.6) is 0 Å². The molecule has 0 aromatic carbocycles. The summed E-state index contributed by atoms with van der Waals surface area (Å²) >= 11 is 0. The van der Waals surface area contributed by atoms with Crippen LogP contribution in [0.4, 0.5) is 0 Å². The zero-order valence-corrected chi connectivity index (χ0v) is 12.9. The van der Waals surface area contributed by atoms with E-state index in [2.05, 4.69) is 20.3 Å². The molecule has 7 nitrogen and oxygen atoms in total. The normalized spacial score (nSPS) is 24.3. The van der Waals surface area contributed by atoms with Crippen LogP contribution in [0, 0.1) is 0 Å². The van der Waals surface area contributed by atoms with Crippen molar-refractivity contribution in [2.75, 3.05) is 6.54 Å². The van der Waals surface area contributed by atoms with Gasteiger partial charge in [-0.2, -0.15) is 10.1 Å². The van der Waals surface area contributed by atoms with Crippen LogP contribution in [-0.2, 0) is 0 Å². The molecule has 2 aliphatic carbocycles. The summed E-state index contributed by atoms with van der Waals surface area (Å²) in [7, 11) is 0. The SMILES string of the molecule is O=C(c1cc(C2CC2)[nH]n1)N1CCC[C@H]1c1noc(C2CC2)n1. The van der Waals surface area contributed by atoms with Gasteiger partial charge in [0.2, 0.25) is 5.89 Å². The average molecular weight is 313 g/mol. The van der Waals surface area contributed by atoms with Crippen molar-refractivity contribution in [2.24, 2.45) is 0 Å². The Kier molecular flexibility index (Phi) is 2.83. The number of carbonyl (C=O) groups is 1. The van der Waals surface area contributed by atoms with Crippen molar-refractivity contribution in [3.05, 3.63) is 29.2 Å². The number of amides is 1. The number of aromatic nitrogens is 4. The number of hydrogen-bond acceptors (Lipinski definition) is 5. The molecule has 0 radical (unpaired) electrons. The Morgan fingerprint density at radius 2 is 2.04 bits per heavy atom. The molecule has 7 heteroatoms. The van der Waals surface area contributed by atoms with Gasteiger partial charge in [0.05, 0.1) is 6.04 Å². The second-order valence-electron chi connectivity index (χ2n) is 6.90. The number of rotatable bonds is 4. The van der Waals surface area contributed by atoms with E-state index in [1.807, 2.05) is 11.0 Å². The lowest BCUT2D eigenvalue weighted by Crippen LogP contribution is -2.31. The van der Waals surface area contributed by atoms with Gasteiger partial charge >= 0.3 is 0 Å². The average Bonchev–Trinajstić information content (AvgIpc) is 3.43. The minimum atomic E-state index is -0.0835. The number of H-pyrrole nitrogens is 1. The van der Waals surface area contributed by atoms with Gasteiger partial charge in [-0.15, -0.1) is 0 Å². The Balaban J connectivity index is 1.37. The molecule has 3 heterocycles. The van der Waals surface area contributed by atoms with Gasteiger partial charge in [-0.05, 0) is 44.6 Å². The van der Waals surface area contributed by atoms with Gasteiger partial charge in [0.1, 0.15) is 5.69 Å². The molecule has 0 unspecified atom stereocenters. The van der Waals surface area contributed by atoms with E-state index in [1.54, 1.807) is 0 Å². The molecule has 1 saturated heterocycles. The summed E-state index contributed by atoms with van der Waals surface area (Å²) in [4.78, 5) is 19.2. The lowest BCUT2D eigenvalue weighted by molar-refractivity contribution is 0.0722. The van der Waals surface area contributed by atoms with Gasteiger partial charge in [-0.25, -0.2) is 0 Å². The number of likely N-dealkylation sites (tertiary alicyclic amines) is 1. The molecule has 1 N–H and O–H groups in total. The number of nitrogens with zero attached hydrogens (tertiary/aromatic N) is 4. The molecule has 1 atom stereocenters. The van der Waals surface area contributed by atoms with Crippen molar-refractivity contribution >= 4 is 5.91 Å². The lowest BCUT2D eigenvalue weighted by Gasteiger charge is -2.20.